The summed E-state index contributed by atoms with van der Waals surface area (Å²) in [6.07, 6.45) is 1.73. The molecule has 0 aromatic carbocycles. The Balaban J connectivity index is 2.27. The van der Waals surface area contributed by atoms with E-state index in [0.29, 0.717) is 0 Å². The lowest BCUT2D eigenvalue weighted by Gasteiger charge is -2.31. The van der Waals surface area contributed by atoms with Crippen LogP contribution in [0.15, 0.2) is 28.3 Å². The van der Waals surface area contributed by atoms with E-state index < -0.39 is 19.9 Å². The largest absolute Gasteiger partial charge is 0.374 e. The highest BCUT2D eigenvalue weighted by atomic mass is 32.2. The number of aromatic nitrogens is 1. The van der Waals surface area contributed by atoms with E-state index in [1.54, 1.807) is 0 Å². The molecule has 0 aliphatic carbocycles. The zero-order valence-electron chi connectivity index (χ0n) is 11.5. The van der Waals surface area contributed by atoms with E-state index in [0.717, 1.165) is 12.5 Å². The molecule has 1 aliphatic rings. The Hall–Kier alpha value is -1.07. The zero-order chi connectivity index (χ0) is 15.7. The molecule has 1 fully saturated rings. The standard InChI is InChI=1S/C11H17N3O5S2/c1-20(15,16)11-3-2-10(7-13-11)21(17,18)14-4-5-19-9(6-12)8-14/h2-3,7,9H,4-6,8,12H2,1H3. The molecule has 0 spiro atoms. The monoisotopic (exact) mass is 335 g/mol. The number of sulfonamides is 1. The quantitative estimate of drug-likeness (QED) is 0.736. The maximum absolute atomic E-state index is 12.4. The molecule has 2 rings (SSSR count). The molecular formula is C11H17N3O5S2. The predicted octanol–water partition coefficient (Wildman–Crippen LogP) is -1.17. The second-order valence-corrected chi connectivity index (χ2v) is 8.60. The van der Waals surface area contributed by atoms with Gasteiger partial charge in [0.2, 0.25) is 10.0 Å². The van der Waals surface area contributed by atoms with Gasteiger partial charge in [-0.05, 0) is 12.1 Å². The van der Waals surface area contributed by atoms with Crippen LogP contribution < -0.4 is 5.73 Å². The molecule has 1 aromatic rings. The molecular weight excluding hydrogens is 318 g/mol. The average molecular weight is 335 g/mol. The number of morpholine rings is 1. The number of hydrogen-bond donors (Lipinski definition) is 1. The van der Waals surface area contributed by atoms with Crippen LogP contribution in [-0.2, 0) is 24.6 Å². The molecule has 0 amide bonds. The van der Waals surface area contributed by atoms with Gasteiger partial charge in [-0.15, -0.1) is 0 Å². The number of hydrogen-bond acceptors (Lipinski definition) is 7. The molecule has 118 valence electrons. The van der Waals surface area contributed by atoms with Crippen molar-refractivity contribution in [3.05, 3.63) is 18.3 Å². The third-order valence-electron chi connectivity index (χ3n) is 3.09. The van der Waals surface area contributed by atoms with Crippen LogP contribution in [0, 0.1) is 0 Å². The minimum atomic E-state index is -3.73. The molecule has 1 aromatic heterocycles. The van der Waals surface area contributed by atoms with Crippen molar-refractivity contribution < 1.29 is 21.6 Å². The van der Waals surface area contributed by atoms with E-state index in [9.17, 15) is 16.8 Å². The van der Waals surface area contributed by atoms with E-state index in [2.05, 4.69) is 4.98 Å². The molecule has 2 heterocycles. The smallest absolute Gasteiger partial charge is 0.244 e. The van der Waals surface area contributed by atoms with Crippen molar-refractivity contribution >= 4 is 19.9 Å². The second-order valence-electron chi connectivity index (χ2n) is 4.70. The van der Waals surface area contributed by atoms with Gasteiger partial charge in [0.1, 0.15) is 4.90 Å². The van der Waals surface area contributed by atoms with Crippen LogP contribution in [0.5, 0.6) is 0 Å². The number of pyridine rings is 1. The van der Waals surface area contributed by atoms with Crippen LogP contribution in [0.4, 0.5) is 0 Å². The Morgan fingerprint density at radius 3 is 2.62 bits per heavy atom. The first-order valence-electron chi connectivity index (χ1n) is 6.23. The van der Waals surface area contributed by atoms with Crippen molar-refractivity contribution in [3.63, 3.8) is 0 Å². The Morgan fingerprint density at radius 2 is 2.10 bits per heavy atom. The summed E-state index contributed by atoms with van der Waals surface area (Å²) < 4.78 is 54.1. The lowest BCUT2D eigenvalue weighted by Crippen LogP contribution is -2.48. The van der Waals surface area contributed by atoms with Crippen molar-refractivity contribution in [2.75, 3.05) is 32.5 Å². The van der Waals surface area contributed by atoms with Crippen LogP contribution in [0.1, 0.15) is 0 Å². The summed E-state index contributed by atoms with van der Waals surface area (Å²) >= 11 is 0. The highest BCUT2D eigenvalue weighted by Gasteiger charge is 2.30. The molecule has 2 N–H and O–H groups in total. The average Bonchev–Trinajstić information content (AvgIpc) is 2.46. The summed E-state index contributed by atoms with van der Waals surface area (Å²) in [4.78, 5) is 3.65. The molecule has 0 radical (unpaired) electrons. The van der Waals surface area contributed by atoms with Crippen LogP contribution in [0.25, 0.3) is 0 Å². The number of sulfone groups is 1. The summed E-state index contributed by atoms with van der Waals surface area (Å²) in [5, 5.41) is -0.164. The molecule has 1 unspecified atom stereocenters. The van der Waals surface area contributed by atoms with E-state index >= 15 is 0 Å². The number of ether oxygens (including phenoxy) is 1. The fourth-order valence-corrected chi connectivity index (χ4v) is 3.90. The number of nitrogens with two attached hydrogens (primary N) is 1. The van der Waals surface area contributed by atoms with Crippen molar-refractivity contribution in [1.82, 2.24) is 9.29 Å². The summed E-state index contributed by atoms with van der Waals surface area (Å²) in [5.74, 6) is 0. The van der Waals surface area contributed by atoms with Gasteiger partial charge in [0.25, 0.3) is 0 Å². The molecule has 21 heavy (non-hydrogen) atoms. The van der Waals surface area contributed by atoms with Crippen molar-refractivity contribution in [1.29, 1.82) is 0 Å². The lowest BCUT2D eigenvalue weighted by molar-refractivity contribution is 0.00450. The normalized spacial score (nSPS) is 21.3. The Morgan fingerprint density at radius 1 is 1.38 bits per heavy atom. The van der Waals surface area contributed by atoms with Crippen LogP contribution in [0.2, 0.25) is 0 Å². The fraction of sp³-hybridized carbons (Fsp3) is 0.545. The van der Waals surface area contributed by atoms with Gasteiger partial charge in [-0.3, -0.25) is 0 Å². The molecule has 0 bridgehead atoms. The summed E-state index contributed by atoms with van der Waals surface area (Å²) in [7, 11) is -7.19. The van der Waals surface area contributed by atoms with Crippen LogP contribution in [-0.4, -0.2) is 64.7 Å². The van der Waals surface area contributed by atoms with Gasteiger partial charge in [0, 0.05) is 32.1 Å². The molecule has 1 saturated heterocycles. The first-order valence-corrected chi connectivity index (χ1v) is 9.56. The van der Waals surface area contributed by atoms with Gasteiger partial charge in [-0.1, -0.05) is 0 Å². The SMILES string of the molecule is CS(=O)(=O)c1ccc(S(=O)(=O)N2CCOC(CN)C2)cn1. The topological polar surface area (TPSA) is 120 Å². The highest BCUT2D eigenvalue weighted by Crippen LogP contribution is 2.19. The van der Waals surface area contributed by atoms with Gasteiger partial charge in [0.05, 0.1) is 12.7 Å². The van der Waals surface area contributed by atoms with Gasteiger partial charge < -0.3 is 10.5 Å². The highest BCUT2D eigenvalue weighted by molar-refractivity contribution is 7.90. The van der Waals surface area contributed by atoms with Crippen LogP contribution in [0.3, 0.4) is 0 Å². The fourth-order valence-electron chi connectivity index (χ4n) is 1.94. The molecule has 10 heteroatoms. The minimum absolute atomic E-state index is 0.0485. The minimum Gasteiger partial charge on any atom is -0.374 e. The molecule has 1 aliphatic heterocycles. The van der Waals surface area contributed by atoms with E-state index in [-0.39, 0.29) is 42.3 Å². The second kappa shape index (κ2) is 5.97. The van der Waals surface area contributed by atoms with E-state index in [4.69, 9.17) is 10.5 Å². The van der Waals surface area contributed by atoms with Crippen molar-refractivity contribution in [2.24, 2.45) is 5.73 Å². The molecule has 8 nitrogen and oxygen atoms in total. The third kappa shape index (κ3) is 3.58. The van der Waals surface area contributed by atoms with E-state index in [1.165, 1.54) is 16.4 Å². The Kier molecular flexibility index (Phi) is 4.63. The first-order chi connectivity index (χ1) is 9.75. The molecule has 1 atom stereocenters. The van der Waals surface area contributed by atoms with Gasteiger partial charge >= 0.3 is 0 Å². The van der Waals surface area contributed by atoms with Crippen molar-refractivity contribution in [3.8, 4) is 0 Å². The predicted molar refractivity (Wildman–Crippen MR) is 74.9 cm³/mol. The van der Waals surface area contributed by atoms with Crippen LogP contribution >= 0.6 is 0 Å². The first kappa shape index (κ1) is 16.3. The van der Waals surface area contributed by atoms with Crippen molar-refractivity contribution in [2.45, 2.75) is 16.0 Å². The van der Waals surface area contributed by atoms with Gasteiger partial charge in [0.15, 0.2) is 14.9 Å². The maximum Gasteiger partial charge on any atom is 0.244 e. The van der Waals surface area contributed by atoms with E-state index in [1.807, 2.05) is 0 Å². The number of nitrogens with zero attached hydrogens (tertiary/aromatic N) is 2. The molecule has 0 saturated carbocycles. The Bertz CT molecular complexity index is 700. The third-order valence-corrected chi connectivity index (χ3v) is 5.94. The lowest BCUT2D eigenvalue weighted by atomic mass is 10.3. The van der Waals surface area contributed by atoms with Gasteiger partial charge in [-0.25, -0.2) is 21.8 Å². The number of rotatable bonds is 4. The summed E-state index contributed by atoms with van der Waals surface area (Å²) in [6.45, 7) is 0.909. The Labute approximate surface area is 123 Å². The maximum atomic E-state index is 12.4. The van der Waals surface area contributed by atoms with Gasteiger partial charge in [-0.2, -0.15) is 4.31 Å². The summed E-state index contributed by atoms with van der Waals surface area (Å²) in [6, 6.07) is 2.43. The zero-order valence-corrected chi connectivity index (χ0v) is 13.1. The summed E-state index contributed by atoms with van der Waals surface area (Å²) in [5.41, 5.74) is 5.49.